The van der Waals surface area contributed by atoms with Crippen molar-refractivity contribution >= 4 is 5.91 Å². The normalized spacial score (nSPS) is 13.2. The van der Waals surface area contributed by atoms with Crippen LogP contribution < -0.4 is 5.32 Å². The van der Waals surface area contributed by atoms with Gasteiger partial charge in [0.2, 0.25) is 5.91 Å². The molecule has 404 valence electrons. The van der Waals surface area contributed by atoms with Crippen molar-refractivity contribution in [3.63, 3.8) is 0 Å². The molecule has 0 aromatic heterocycles. The molecule has 0 aliphatic rings. The molecule has 1 amide bonds. The predicted molar refractivity (Wildman–Crippen MR) is 308 cm³/mol. The molecule has 69 heavy (non-hydrogen) atoms. The highest BCUT2D eigenvalue weighted by molar-refractivity contribution is 5.76. The van der Waals surface area contributed by atoms with E-state index in [-0.39, 0.29) is 12.5 Å². The van der Waals surface area contributed by atoms with Crippen LogP contribution in [0.4, 0.5) is 0 Å². The third-order valence-electron chi connectivity index (χ3n) is 14.2. The van der Waals surface area contributed by atoms with Gasteiger partial charge in [-0.15, -0.1) is 0 Å². The summed E-state index contributed by atoms with van der Waals surface area (Å²) in [5, 5.41) is 23.2. The fourth-order valence-corrected chi connectivity index (χ4v) is 9.48. The summed E-state index contributed by atoms with van der Waals surface area (Å²) in [6.45, 7) is 4.32. The van der Waals surface area contributed by atoms with E-state index in [2.05, 4.69) is 67.8 Å². The standard InChI is InChI=1S/C65H121NO3/c1-3-5-7-9-11-13-15-17-19-21-23-25-27-28-29-30-31-32-33-34-35-36-37-38-39-41-43-45-47-49-51-53-55-57-59-61-65(69)66-63(62-67)64(68)60-58-56-54-52-50-48-46-44-42-40-26-24-22-20-18-16-14-12-10-8-6-4-2/h27-28,30-31,42,44,50,52,58,60,63-64,67-68H,3-26,29,32-41,43,45-49,51,53-57,59,61-62H2,1-2H3,(H,66,69)/b28-27-,31-30-,44-42+,52-50+,60-58+. The Labute approximate surface area is 432 Å². The van der Waals surface area contributed by atoms with Gasteiger partial charge in [0.1, 0.15) is 0 Å². The first-order chi connectivity index (χ1) is 34.2. The molecule has 0 rings (SSSR count). The Morgan fingerprint density at radius 3 is 0.928 bits per heavy atom. The SMILES string of the molecule is CCCCCCCCCCCCC/C=C\C/C=C\CCCCCCCCCCCCCCCCCCCC(=O)NC(CO)C(O)/C=C/CC/C=C/CC/C=C/CCCCCCCCCCCCCC. The van der Waals surface area contributed by atoms with Crippen LogP contribution in [0.5, 0.6) is 0 Å². The summed E-state index contributed by atoms with van der Waals surface area (Å²) in [5.74, 6) is -0.0746. The zero-order valence-electron chi connectivity index (χ0n) is 46.6. The molecule has 0 heterocycles. The van der Waals surface area contributed by atoms with Crippen LogP contribution in [0.3, 0.4) is 0 Å². The summed E-state index contributed by atoms with van der Waals surface area (Å²) in [6, 6.07) is -0.648. The van der Waals surface area contributed by atoms with E-state index < -0.39 is 12.1 Å². The topological polar surface area (TPSA) is 69.6 Å². The van der Waals surface area contributed by atoms with Gasteiger partial charge in [-0.2, -0.15) is 0 Å². The molecular formula is C65H121NO3. The number of hydrogen-bond acceptors (Lipinski definition) is 3. The van der Waals surface area contributed by atoms with E-state index in [1.807, 2.05) is 6.08 Å². The molecule has 4 nitrogen and oxygen atoms in total. The maximum Gasteiger partial charge on any atom is 0.220 e. The molecule has 0 aromatic rings. The molecule has 0 aromatic carbocycles. The van der Waals surface area contributed by atoms with E-state index in [1.165, 1.54) is 263 Å². The van der Waals surface area contributed by atoms with Gasteiger partial charge in [0.25, 0.3) is 0 Å². The van der Waals surface area contributed by atoms with Crippen molar-refractivity contribution in [1.82, 2.24) is 5.32 Å². The Morgan fingerprint density at radius 1 is 0.348 bits per heavy atom. The van der Waals surface area contributed by atoms with Crippen LogP contribution in [-0.4, -0.2) is 34.9 Å². The van der Waals surface area contributed by atoms with Crippen LogP contribution in [0.2, 0.25) is 0 Å². The van der Waals surface area contributed by atoms with Gasteiger partial charge >= 0.3 is 0 Å². The number of unbranched alkanes of at least 4 members (excludes halogenated alkanes) is 42. The fraction of sp³-hybridized carbons (Fsp3) is 0.831. The average molecular weight is 965 g/mol. The molecule has 2 atom stereocenters. The molecule has 2 unspecified atom stereocenters. The van der Waals surface area contributed by atoms with Crippen molar-refractivity contribution in [3.05, 3.63) is 60.8 Å². The largest absolute Gasteiger partial charge is 0.394 e. The van der Waals surface area contributed by atoms with Crippen molar-refractivity contribution in [2.45, 2.75) is 341 Å². The number of nitrogens with one attached hydrogen (secondary N) is 1. The third-order valence-corrected chi connectivity index (χ3v) is 14.2. The van der Waals surface area contributed by atoms with Gasteiger partial charge < -0.3 is 15.5 Å². The smallest absolute Gasteiger partial charge is 0.220 e. The zero-order valence-corrected chi connectivity index (χ0v) is 46.6. The Balaban J connectivity index is 3.50. The molecule has 0 spiro atoms. The molecule has 3 N–H and O–H groups in total. The minimum absolute atomic E-state index is 0.0746. The molecule has 4 heteroatoms. The summed E-state index contributed by atoms with van der Waals surface area (Å²) in [5.41, 5.74) is 0. The molecular weight excluding hydrogens is 843 g/mol. The van der Waals surface area contributed by atoms with Gasteiger partial charge in [0.15, 0.2) is 0 Å². The summed E-state index contributed by atoms with van der Waals surface area (Å²) in [6.07, 6.45) is 85.6. The monoisotopic (exact) mass is 964 g/mol. The predicted octanol–water partition coefficient (Wildman–Crippen LogP) is 20.8. The molecule has 0 bridgehead atoms. The van der Waals surface area contributed by atoms with Gasteiger partial charge in [-0.1, -0.05) is 306 Å². The highest BCUT2D eigenvalue weighted by Crippen LogP contribution is 2.17. The highest BCUT2D eigenvalue weighted by Gasteiger charge is 2.18. The van der Waals surface area contributed by atoms with E-state index >= 15 is 0 Å². The first-order valence-corrected chi connectivity index (χ1v) is 31.0. The van der Waals surface area contributed by atoms with Gasteiger partial charge in [-0.05, 0) is 77.0 Å². The number of hydrogen-bond donors (Lipinski definition) is 3. The molecule has 0 aliphatic carbocycles. The third kappa shape index (κ3) is 56.9. The molecule has 0 saturated carbocycles. The van der Waals surface area contributed by atoms with Crippen LogP contribution in [-0.2, 0) is 4.79 Å². The number of aliphatic hydroxyl groups is 2. The van der Waals surface area contributed by atoms with Gasteiger partial charge in [0.05, 0.1) is 18.8 Å². The number of aliphatic hydroxyl groups excluding tert-OH is 2. The lowest BCUT2D eigenvalue weighted by molar-refractivity contribution is -0.123. The van der Waals surface area contributed by atoms with E-state index in [4.69, 9.17) is 0 Å². The minimum atomic E-state index is -0.872. The second-order valence-corrected chi connectivity index (χ2v) is 21.1. The van der Waals surface area contributed by atoms with Crippen LogP contribution in [0.25, 0.3) is 0 Å². The number of rotatable bonds is 57. The van der Waals surface area contributed by atoms with Crippen molar-refractivity contribution in [2.75, 3.05) is 6.61 Å². The van der Waals surface area contributed by atoms with Crippen LogP contribution in [0.15, 0.2) is 60.8 Å². The van der Waals surface area contributed by atoms with Crippen molar-refractivity contribution in [3.8, 4) is 0 Å². The second kappa shape index (κ2) is 60.4. The number of allylic oxidation sites excluding steroid dienone is 9. The van der Waals surface area contributed by atoms with Crippen molar-refractivity contribution < 1.29 is 15.0 Å². The first kappa shape index (κ1) is 67.1. The van der Waals surface area contributed by atoms with Crippen LogP contribution in [0.1, 0.15) is 328 Å². The van der Waals surface area contributed by atoms with Gasteiger partial charge in [-0.25, -0.2) is 0 Å². The first-order valence-electron chi connectivity index (χ1n) is 31.0. The lowest BCUT2D eigenvalue weighted by Crippen LogP contribution is -2.45. The molecule has 0 saturated heterocycles. The molecule has 0 radical (unpaired) electrons. The summed E-state index contributed by atoms with van der Waals surface area (Å²) >= 11 is 0. The molecule has 0 fully saturated rings. The summed E-state index contributed by atoms with van der Waals surface area (Å²) < 4.78 is 0. The second-order valence-electron chi connectivity index (χ2n) is 21.1. The lowest BCUT2D eigenvalue weighted by Gasteiger charge is -2.19. The zero-order chi connectivity index (χ0) is 49.9. The summed E-state index contributed by atoms with van der Waals surface area (Å²) in [7, 11) is 0. The maximum absolute atomic E-state index is 12.5. The summed E-state index contributed by atoms with van der Waals surface area (Å²) in [4.78, 5) is 12.5. The lowest BCUT2D eigenvalue weighted by atomic mass is 10.0. The van der Waals surface area contributed by atoms with E-state index in [0.29, 0.717) is 6.42 Å². The number of carbonyl (C=O) groups excluding carboxylic acids is 1. The fourth-order valence-electron chi connectivity index (χ4n) is 9.48. The van der Waals surface area contributed by atoms with Crippen molar-refractivity contribution in [2.24, 2.45) is 0 Å². The Kier molecular flexibility index (Phi) is 58.7. The highest BCUT2D eigenvalue weighted by atomic mass is 16.3. The van der Waals surface area contributed by atoms with E-state index in [0.717, 1.165) is 44.9 Å². The molecule has 0 aliphatic heterocycles. The Morgan fingerprint density at radius 2 is 0.609 bits per heavy atom. The van der Waals surface area contributed by atoms with E-state index in [9.17, 15) is 15.0 Å². The van der Waals surface area contributed by atoms with Gasteiger partial charge in [-0.3, -0.25) is 4.79 Å². The van der Waals surface area contributed by atoms with Gasteiger partial charge in [0, 0.05) is 6.42 Å². The Hall–Kier alpha value is -1.91. The number of carbonyl (C=O) groups is 1. The van der Waals surface area contributed by atoms with Crippen LogP contribution in [0, 0.1) is 0 Å². The quantitative estimate of drug-likeness (QED) is 0.0420. The average Bonchev–Trinajstić information content (AvgIpc) is 3.35. The Bertz CT molecular complexity index is 1140. The number of amides is 1. The minimum Gasteiger partial charge on any atom is -0.394 e. The van der Waals surface area contributed by atoms with Crippen LogP contribution >= 0.6 is 0 Å². The van der Waals surface area contributed by atoms with Crippen molar-refractivity contribution in [1.29, 1.82) is 0 Å². The maximum atomic E-state index is 12.5. The van der Waals surface area contributed by atoms with E-state index in [1.54, 1.807) is 6.08 Å².